The van der Waals surface area contributed by atoms with Crippen LogP contribution in [0.1, 0.15) is 34.6 Å². The highest BCUT2D eigenvalue weighted by atomic mass is 16.6. The van der Waals surface area contributed by atoms with Crippen LogP contribution < -0.4 is 0 Å². The maximum Gasteiger partial charge on any atom is 0.303 e. The van der Waals surface area contributed by atoms with Crippen molar-refractivity contribution in [3.05, 3.63) is 10.4 Å². The molecule has 13 nitrogen and oxygen atoms in total. The Hall–Kier alpha value is -3.34. The Bertz CT molecular complexity index is 670. The largest absolute Gasteiger partial charge is 0.462 e. The normalized spacial score (nSPS) is 14.1. The van der Waals surface area contributed by atoms with Crippen LogP contribution in [0.3, 0.4) is 0 Å². The molecular formula is C16H23N3O10. The second-order valence-electron chi connectivity index (χ2n) is 5.66. The Morgan fingerprint density at radius 1 is 0.724 bits per heavy atom. The molecule has 162 valence electrons. The van der Waals surface area contributed by atoms with Crippen LogP contribution in [0.2, 0.25) is 0 Å². The van der Waals surface area contributed by atoms with E-state index in [2.05, 4.69) is 10.0 Å². The van der Waals surface area contributed by atoms with Gasteiger partial charge in [0.15, 0.2) is 18.3 Å². The summed E-state index contributed by atoms with van der Waals surface area (Å²) in [5.74, 6) is -4.08. The highest BCUT2D eigenvalue weighted by Crippen LogP contribution is 2.20. The molecule has 0 rings (SSSR count). The molecular weight excluding hydrogens is 394 g/mol. The van der Waals surface area contributed by atoms with Crippen molar-refractivity contribution in [3.63, 3.8) is 0 Å². The van der Waals surface area contributed by atoms with Gasteiger partial charge in [0, 0.05) is 39.5 Å². The molecule has 0 aromatic heterocycles. The van der Waals surface area contributed by atoms with Crippen LogP contribution in [0, 0.1) is 0 Å². The molecule has 0 aromatic rings. The second kappa shape index (κ2) is 12.9. The minimum atomic E-state index is -1.56. The first-order valence-electron chi connectivity index (χ1n) is 8.31. The van der Waals surface area contributed by atoms with E-state index in [0.29, 0.717) is 0 Å². The van der Waals surface area contributed by atoms with Gasteiger partial charge in [-0.15, -0.1) is 0 Å². The number of rotatable bonds is 11. The monoisotopic (exact) mass is 417 g/mol. The fourth-order valence-corrected chi connectivity index (χ4v) is 2.24. The van der Waals surface area contributed by atoms with Crippen molar-refractivity contribution in [1.82, 2.24) is 0 Å². The second-order valence-corrected chi connectivity index (χ2v) is 5.66. The lowest BCUT2D eigenvalue weighted by atomic mass is 10.0. The van der Waals surface area contributed by atoms with E-state index in [9.17, 15) is 24.0 Å². The van der Waals surface area contributed by atoms with Crippen LogP contribution in [-0.2, 0) is 47.7 Å². The Morgan fingerprint density at radius 3 is 1.52 bits per heavy atom. The molecule has 0 aliphatic rings. The summed E-state index contributed by atoms with van der Waals surface area (Å²) in [5, 5.41) is 3.29. The summed E-state index contributed by atoms with van der Waals surface area (Å²) in [4.78, 5) is 59.9. The van der Waals surface area contributed by atoms with Gasteiger partial charge in [-0.05, 0) is 5.53 Å². The lowest BCUT2D eigenvalue weighted by Crippen LogP contribution is -2.53. The lowest BCUT2D eigenvalue weighted by molar-refractivity contribution is -0.201. The van der Waals surface area contributed by atoms with Crippen molar-refractivity contribution in [3.8, 4) is 0 Å². The SMILES string of the molecule is CC(=O)OC[C@@H](OC(C)=O)[C@@H](OC(C)=O)[C@H](OC(C)=O)[C@@H](CN=[N+]=[N-])OC(C)=O. The summed E-state index contributed by atoms with van der Waals surface area (Å²) in [5.41, 5.74) is 8.57. The van der Waals surface area contributed by atoms with Gasteiger partial charge >= 0.3 is 29.8 Å². The van der Waals surface area contributed by atoms with Crippen LogP contribution in [0.5, 0.6) is 0 Å². The molecule has 0 saturated heterocycles. The Kier molecular flexibility index (Phi) is 11.5. The quantitative estimate of drug-likeness (QED) is 0.152. The molecule has 13 heteroatoms. The van der Waals surface area contributed by atoms with E-state index in [1.165, 1.54) is 0 Å². The van der Waals surface area contributed by atoms with Crippen molar-refractivity contribution in [2.45, 2.75) is 59.0 Å². The number of esters is 5. The third-order valence-electron chi connectivity index (χ3n) is 3.07. The van der Waals surface area contributed by atoms with Gasteiger partial charge in [0.25, 0.3) is 0 Å². The highest BCUT2D eigenvalue weighted by molar-refractivity contribution is 5.69. The Labute approximate surface area is 166 Å². The van der Waals surface area contributed by atoms with Gasteiger partial charge in [0.2, 0.25) is 0 Å². The van der Waals surface area contributed by atoms with E-state index in [1.807, 2.05) is 0 Å². The van der Waals surface area contributed by atoms with Gasteiger partial charge in [0.05, 0.1) is 6.54 Å². The maximum atomic E-state index is 11.6. The molecule has 0 N–H and O–H groups in total. The first-order chi connectivity index (χ1) is 13.5. The van der Waals surface area contributed by atoms with Crippen molar-refractivity contribution < 1.29 is 47.7 Å². The molecule has 4 atom stereocenters. The summed E-state index contributed by atoms with van der Waals surface area (Å²) < 4.78 is 25.2. The minimum absolute atomic E-state index is 0.494. The molecule has 0 fully saturated rings. The van der Waals surface area contributed by atoms with E-state index >= 15 is 0 Å². The van der Waals surface area contributed by atoms with Crippen LogP contribution in [0.15, 0.2) is 5.11 Å². The molecule has 0 aromatic carbocycles. The van der Waals surface area contributed by atoms with E-state index < -0.39 is 67.4 Å². The molecule has 0 saturated carbocycles. The number of carbonyl (C=O) groups excluding carboxylic acids is 5. The zero-order chi connectivity index (χ0) is 22.6. The summed E-state index contributed by atoms with van der Waals surface area (Å²) in [7, 11) is 0. The summed E-state index contributed by atoms with van der Waals surface area (Å²) >= 11 is 0. The standard InChI is InChI=1S/C16H23N3O10/c1-8(20)25-7-14(27-10(3)22)16(29-12(5)24)15(28-11(4)23)13(6-18-19-17)26-9(2)21/h13-16H,6-7H2,1-5H3/t13-,14-,15-,16-/m1/s1. The zero-order valence-electron chi connectivity index (χ0n) is 16.6. The number of hydrogen-bond donors (Lipinski definition) is 0. The molecule has 0 spiro atoms. The van der Waals surface area contributed by atoms with Gasteiger partial charge in [-0.2, -0.15) is 0 Å². The average Bonchev–Trinajstić information content (AvgIpc) is 2.57. The maximum absolute atomic E-state index is 11.6. The van der Waals surface area contributed by atoms with Gasteiger partial charge in [-0.3, -0.25) is 24.0 Å². The topological polar surface area (TPSA) is 180 Å². The van der Waals surface area contributed by atoms with E-state index in [1.54, 1.807) is 0 Å². The number of ether oxygens (including phenoxy) is 5. The highest BCUT2D eigenvalue weighted by Gasteiger charge is 2.43. The van der Waals surface area contributed by atoms with Gasteiger partial charge in [-0.25, -0.2) is 0 Å². The molecule has 0 amide bonds. The molecule has 0 aliphatic heterocycles. The Morgan fingerprint density at radius 2 is 1.14 bits per heavy atom. The molecule has 0 aliphatic carbocycles. The van der Waals surface area contributed by atoms with E-state index in [-0.39, 0.29) is 0 Å². The van der Waals surface area contributed by atoms with Crippen LogP contribution in [0.25, 0.3) is 10.4 Å². The van der Waals surface area contributed by atoms with E-state index in [0.717, 1.165) is 34.6 Å². The molecule has 0 unspecified atom stereocenters. The number of nitrogens with zero attached hydrogens (tertiary/aromatic N) is 3. The number of hydrogen-bond acceptors (Lipinski definition) is 11. The van der Waals surface area contributed by atoms with Crippen LogP contribution in [0.4, 0.5) is 0 Å². The van der Waals surface area contributed by atoms with Crippen molar-refractivity contribution in [2.24, 2.45) is 5.11 Å². The summed E-state index contributed by atoms with van der Waals surface area (Å²) in [6.07, 6.45) is -5.93. The fraction of sp³-hybridized carbons (Fsp3) is 0.688. The lowest BCUT2D eigenvalue weighted by Gasteiger charge is -2.34. The zero-order valence-corrected chi connectivity index (χ0v) is 16.6. The molecule has 0 heterocycles. The third kappa shape index (κ3) is 11.2. The van der Waals surface area contributed by atoms with E-state index in [4.69, 9.17) is 29.2 Å². The summed E-state index contributed by atoms with van der Waals surface area (Å²) in [6, 6.07) is 0. The first kappa shape index (κ1) is 25.7. The predicted octanol–water partition coefficient (Wildman–Crippen LogP) is 0.587. The Balaban J connectivity index is 6.20. The smallest absolute Gasteiger partial charge is 0.303 e. The predicted molar refractivity (Wildman–Crippen MR) is 92.9 cm³/mol. The molecule has 29 heavy (non-hydrogen) atoms. The minimum Gasteiger partial charge on any atom is -0.462 e. The van der Waals surface area contributed by atoms with Gasteiger partial charge in [-0.1, -0.05) is 5.11 Å². The summed E-state index contributed by atoms with van der Waals surface area (Å²) in [6.45, 7) is 4.21. The van der Waals surface area contributed by atoms with Crippen molar-refractivity contribution in [1.29, 1.82) is 0 Å². The molecule has 0 radical (unpaired) electrons. The fourth-order valence-electron chi connectivity index (χ4n) is 2.24. The van der Waals surface area contributed by atoms with Crippen molar-refractivity contribution >= 4 is 29.8 Å². The average molecular weight is 417 g/mol. The molecule has 0 bridgehead atoms. The van der Waals surface area contributed by atoms with Crippen molar-refractivity contribution in [2.75, 3.05) is 13.2 Å². The van der Waals surface area contributed by atoms with Gasteiger partial charge < -0.3 is 23.7 Å². The first-order valence-corrected chi connectivity index (χ1v) is 8.31. The third-order valence-corrected chi connectivity index (χ3v) is 3.07. The van der Waals surface area contributed by atoms with Crippen LogP contribution >= 0.6 is 0 Å². The number of azide groups is 1. The van der Waals surface area contributed by atoms with Crippen LogP contribution in [-0.4, -0.2) is 67.4 Å². The van der Waals surface area contributed by atoms with Gasteiger partial charge in [0.1, 0.15) is 12.7 Å². The number of carbonyl (C=O) groups is 5.